The Labute approximate surface area is 97.9 Å². The van der Waals surface area contributed by atoms with Gasteiger partial charge in [-0.2, -0.15) is 0 Å². The second kappa shape index (κ2) is 5.42. The second-order valence-electron chi connectivity index (χ2n) is 2.81. The van der Waals surface area contributed by atoms with Crippen molar-refractivity contribution in [2.75, 3.05) is 11.9 Å². The monoisotopic (exact) mass is 274 g/mol. The number of allylic oxidation sites excluding steroid dienone is 1. The number of alkyl halides is 1. The van der Waals surface area contributed by atoms with Crippen molar-refractivity contribution in [3.05, 3.63) is 35.4 Å². The van der Waals surface area contributed by atoms with Crippen LogP contribution >= 0.6 is 27.5 Å². The summed E-state index contributed by atoms with van der Waals surface area (Å²) >= 11 is 9.27. The highest BCUT2D eigenvalue weighted by atomic mass is 79.9. The van der Waals surface area contributed by atoms with Crippen LogP contribution in [-0.2, 0) is 0 Å². The molecule has 1 aromatic carbocycles. The molecule has 0 radical (unpaired) electrons. The van der Waals surface area contributed by atoms with Gasteiger partial charge >= 0.3 is 0 Å². The number of hydrogen-bond acceptors (Lipinski definition) is 1. The fourth-order valence-corrected chi connectivity index (χ4v) is 1.61. The maximum Gasteiger partial charge on any atom is 0.126 e. The Morgan fingerprint density at radius 3 is 2.86 bits per heavy atom. The fraction of sp³-hybridized carbons (Fsp3) is 0.273. The molecule has 3 heteroatoms. The molecule has 0 atom stereocenters. The van der Waals surface area contributed by atoms with Gasteiger partial charge in [0.05, 0.1) is 6.61 Å². The first kappa shape index (κ1) is 11.6. The highest BCUT2D eigenvalue weighted by molar-refractivity contribution is 9.09. The third kappa shape index (κ3) is 2.76. The number of halogens is 2. The summed E-state index contributed by atoms with van der Waals surface area (Å²) in [5.74, 6) is 0.835. The van der Waals surface area contributed by atoms with Crippen LogP contribution in [0.1, 0.15) is 12.5 Å². The fourth-order valence-electron chi connectivity index (χ4n) is 1.13. The lowest BCUT2D eigenvalue weighted by molar-refractivity contribution is 0.339. The first-order valence-electron chi connectivity index (χ1n) is 4.35. The maximum absolute atomic E-state index is 5.91. The second-order valence-corrected chi connectivity index (χ2v) is 3.81. The van der Waals surface area contributed by atoms with Crippen LogP contribution in [0.2, 0.25) is 5.02 Å². The molecule has 0 unspecified atom stereocenters. The summed E-state index contributed by atoms with van der Waals surface area (Å²) in [6.07, 6.45) is 0. The van der Waals surface area contributed by atoms with Gasteiger partial charge in [-0.1, -0.05) is 34.1 Å². The molecule has 0 aromatic heterocycles. The molecule has 0 bridgehead atoms. The molecule has 0 aliphatic rings. The minimum absolute atomic E-state index is 0.643. The maximum atomic E-state index is 5.91. The van der Waals surface area contributed by atoms with E-state index in [1.807, 2.05) is 25.1 Å². The molecule has 0 aliphatic heterocycles. The average Bonchev–Trinajstić information content (AvgIpc) is 2.20. The molecular formula is C11H12BrClO. The lowest BCUT2D eigenvalue weighted by Crippen LogP contribution is -1.96. The summed E-state index contributed by atoms with van der Waals surface area (Å²) in [5.41, 5.74) is 1.94. The van der Waals surface area contributed by atoms with Crippen molar-refractivity contribution in [1.29, 1.82) is 0 Å². The van der Waals surface area contributed by atoms with Gasteiger partial charge in [0.2, 0.25) is 0 Å². The van der Waals surface area contributed by atoms with Crippen LogP contribution in [0.15, 0.2) is 24.8 Å². The third-order valence-corrected chi connectivity index (χ3v) is 2.70. The zero-order valence-corrected chi connectivity index (χ0v) is 10.4. The van der Waals surface area contributed by atoms with Crippen molar-refractivity contribution >= 4 is 33.1 Å². The van der Waals surface area contributed by atoms with Gasteiger partial charge in [-0.15, -0.1) is 0 Å². The van der Waals surface area contributed by atoms with Crippen molar-refractivity contribution < 1.29 is 4.74 Å². The molecule has 0 N–H and O–H groups in total. The lowest BCUT2D eigenvalue weighted by Gasteiger charge is -2.11. The first-order valence-corrected chi connectivity index (χ1v) is 5.85. The van der Waals surface area contributed by atoms with Gasteiger partial charge in [0, 0.05) is 15.9 Å². The van der Waals surface area contributed by atoms with Crippen molar-refractivity contribution in [1.82, 2.24) is 0 Å². The summed E-state index contributed by atoms with van der Waals surface area (Å²) in [6, 6.07) is 5.56. The highest BCUT2D eigenvalue weighted by Gasteiger charge is 2.06. The molecule has 0 fully saturated rings. The van der Waals surface area contributed by atoms with E-state index in [0.29, 0.717) is 17.0 Å². The van der Waals surface area contributed by atoms with E-state index in [4.69, 9.17) is 16.3 Å². The molecular weight excluding hydrogens is 263 g/mol. The van der Waals surface area contributed by atoms with Crippen LogP contribution in [0.25, 0.3) is 5.57 Å². The zero-order chi connectivity index (χ0) is 10.6. The van der Waals surface area contributed by atoms with Gasteiger partial charge in [0.15, 0.2) is 0 Å². The van der Waals surface area contributed by atoms with Crippen LogP contribution in [0.3, 0.4) is 0 Å². The van der Waals surface area contributed by atoms with Gasteiger partial charge in [-0.05, 0) is 30.7 Å². The number of hydrogen-bond donors (Lipinski definition) is 0. The van der Waals surface area contributed by atoms with Crippen LogP contribution in [-0.4, -0.2) is 11.9 Å². The van der Waals surface area contributed by atoms with E-state index in [-0.39, 0.29) is 0 Å². The minimum Gasteiger partial charge on any atom is -0.493 e. The Kier molecular flexibility index (Phi) is 4.49. The molecule has 14 heavy (non-hydrogen) atoms. The molecule has 1 rings (SSSR count). The van der Waals surface area contributed by atoms with Gasteiger partial charge in [0.25, 0.3) is 0 Å². The summed E-state index contributed by atoms with van der Waals surface area (Å²) in [5, 5.41) is 1.42. The molecule has 1 aromatic rings. The van der Waals surface area contributed by atoms with E-state index >= 15 is 0 Å². The SMILES string of the molecule is C=C(CBr)c1cc(Cl)ccc1OCC. The quantitative estimate of drug-likeness (QED) is 0.750. The Morgan fingerprint density at radius 1 is 1.57 bits per heavy atom. The van der Waals surface area contributed by atoms with Crippen molar-refractivity contribution in [3.8, 4) is 5.75 Å². The van der Waals surface area contributed by atoms with E-state index in [2.05, 4.69) is 22.5 Å². The van der Waals surface area contributed by atoms with Gasteiger partial charge in [-0.25, -0.2) is 0 Å². The predicted molar refractivity (Wildman–Crippen MR) is 65.4 cm³/mol. The Balaban J connectivity index is 3.08. The van der Waals surface area contributed by atoms with E-state index in [0.717, 1.165) is 16.9 Å². The molecule has 0 heterocycles. The predicted octanol–water partition coefficient (Wildman–Crippen LogP) is 4.15. The average molecular weight is 276 g/mol. The van der Waals surface area contributed by atoms with Gasteiger partial charge in [-0.3, -0.25) is 0 Å². The van der Waals surface area contributed by atoms with E-state index in [9.17, 15) is 0 Å². The van der Waals surface area contributed by atoms with Crippen LogP contribution in [0.4, 0.5) is 0 Å². The third-order valence-electron chi connectivity index (χ3n) is 1.78. The number of rotatable bonds is 4. The first-order chi connectivity index (χ1) is 6.69. The van der Waals surface area contributed by atoms with Crippen LogP contribution in [0, 0.1) is 0 Å². The lowest BCUT2D eigenvalue weighted by atomic mass is 10.1. The summed E-state index contributed by atoms with van der Waals surface area (Å²) in [7, 11) is 0. The van der Waals surface area contributed by atoms with E-state index < -0.39 is 0 Å². The summed E-state index contributed by atoms with van der Waals surface area (Å²) < 4.78 is 5.47. The summed E-state index contributed by atoms with van der Waals surface area (Å²) in [6.45, 7) is 6.54. The molecule has 76 valence electrons. The number of benzene rings is 1. The molecule has 0 saturated heterocycles. The van der Waals surface area contributed by atoms with Crippen molar-refractivity contribution in [3.63, 3.8) is 0 Å². The molecule has 1 nitrogen and oxygen atoms in total. The van der Waals surface area contributed by atoms with E-state index in [1.165, 1.54) is 0 Å². The Bertz CT molecular complexity index is 336. The molecule has 0 spiro atoms. The summed E-state index contributed by atoms with van der Waals surface area (Å²) in [4.78, 5) is 0. The topological polar surface area (TPSA) is 9.23 Å². The molecule has 0 amide bonds. The molecule has 0 saturated carbocycles. The normalized spacial score (nSPS) is 9.93. The smallest absolute Gasteiger partial charge is 0.126 e. The Morgan fingerprint density at radius 2 is 2.29 bits per heavy atom. The largest absolute Gasteiger partial charge is 0.493 e. The van der Waals surface area contributed by atoms with E-state index in [1.54, 1.807) is 0 Å². The zero-order valence-electron chi connectivity index (χ0n) is 8.02. The van der Waals surface area contributed by atoms with Crippen LogP contribution in [0.5, 0.6) is 5.75 Å². The van der Waals surface area contributed by atoms with Crippen LogP contribution < -0.4 is 4.74 Å². The standard InChI is InChI=1S/C11H12BrClO/c1-3-14-11-5-4-9(13)6-10(11)8(2)7-12/h4-6H,2-3,7H2,1H3. The van der Waals surface area contributed by atoms with Gasteiger partial charge in [0.1, 0.15) is 5.75 Å². The minimum atomic E-state index is 0.643. The van der Waals surface area contributed by atoms with Gasteiger partial charge < -0.3 is 4.74 Å². The number of ether oxygens (including phenoxy) is 1. The highest BCUT2D eigenvalue weighted by Crippen LogP contribution is 2.29. The molecule has 0 aliphatic carbocycles. The van der Waals surface area contributed by atoms with Crippen molar-refractivity contribution in [2.24, 2.45) is 0 Å². The Hall–Kier alpha value is -0.470. The van der Waals surface area contributed by atoms with Crippen molar-refractivity contribution in [2.45, 2.75) is 6.92 Å².